The maximum absolute atomic E-state index is 3.87. The number of hydrogen-bond acceptors (Lipinski definition) is 2. The first-order valence-corrected chi connectivity index (χ1v) is 8.74. The van der Waals surface area contributed by atoms with Crippen LogP contribution in [0.3, 0.4) is 0 Å². The molecule has 116 valence electrons. The molecule has 21 heavy (non-hydrogen) atoms. The van der Waals surface area contributed by atoms with Crippen molar-refractivity contribution in [3.05, 3.63) is 35.9 Å². The van der Waals surface area contributed by atoms with Gasteiger partial charge in [0.2, 0.25) is 0 Å². The van der Waals surface area contributed by atoms with E-state index in [4.69, 9.17) is 0 Å². The molecule has 1 atom stereocenters. The van der Waals surface area contributed by atoms with E-state index >= 15 is 0 Å². The Balaban J connectivity index is 1.69. The Morgan fingerprint density at radius 3 is 2.52 bits per heavy atom. The van der Waals surface area contributed by atoms with Gasteiger partial charge in [-0.05, 0) is 38.7 Å². The molecule has 1 aromatic carbocycles. The molecule has 0 aromatic heterocycles. The molecule has 0 amide bonds. The van der Waals surface area contributed by atoms with Gasteiger partial charge in [-0.15, -0.1) is 0 Å². The molecule has 1 spiro atoms. The molecule has 2 fully saturated rings. The molecule has 1 saturated heterocycles. The first-order valence-electron chi connectivity index (χ1n) is 8.74. The second kappa shape index (κ2) is 6.50. The lowest BCUT2D eigenvalue weighted by Gasteiger charge is -2.54. The molecule has 1 aromatic rings. The number of hydrogen-bond donors (Lipinski definition) is 1. The maximum atomic E-state index is 3.87. The van der Waals surface area contributed by atoms with Crippen molar-refractivity contribution in [3.8, 4) is 0 Å². The average Bonchev–Trinajstić information content (AvgIpc) is 2.51. The van der Waals surface area contributed by atoms with Gasteiger partial charge >= 0.3 is 0 Å². The molecular weight excluding hydrogens is 256 g/mol. The first-order chi connectivity index (χ1) is 10.2. The van der Waals surface area contributed by atoms with E-state index in [-0.39, 0.29) is 0 Å². The van der Waals surface area contributed by atoms with Crippen LogP contribution in [0.4, 0.5) is 0 Å². The average molecular weight is 286 g/mol. The Morgan fingerprint density at radius 2 is 1.86 bits per heavy atom. The summed E-state index contributed by atoms with van der Waals surface area (Å²) in [6.45, 7) is 7.14. The van der Waals surface area contributed by atoms with Crippen molar-refractivity contribution in [3.63, 3.8) is 0 Å². The summed E-state index contributed by atoms with van der Waals surface area (Å²) in [5.41, 5.74) is 1.90. The zero-order valence-electron chi connectivity index (χ0n) is 13.6. The Kier molecular flexibility index (Phi) is 4.66. The molecule has 2 nitrogen and oxygen atoms in total. The van der Waals surface area contributed by atoms with Crippen LogP contribution in [0.25, 0.3) is 0 Å². The minimum Gasteiger partial charge on any atom is -0.311 e. The molecule has 1 heterocycles. The monoisotopic (exact) mass is 286 g/mol. The molecule has 2 heteroatoms. The zero-order valence-corrected chi connectivity index (χ0v) is 13.6. The maximum Gasteiger partial charge on any atom is 0.0337 e. The van der Waals surface area contributed by atoms with Crippen LogP contribution in [0.15, 0.2) is 30.3 Å². The number of nitrogens with one attached hydrogen (secondary N) is 1. The van der Waals surface area contributed by atoms with Gasteiger partial charge in [-0.25, -0.2) is 0 Å². The molecule has 1 aliphatic heterocycles. The summed E-state index contributed by atoms with van der Waals surface area (Å²) in [6, 6.07) is 12.2. The fourth-order valence-electron chi connectivity index (χ4n) is 4.40. The fourth-order valence-corrected chi connectivity index (χ4v) is 4.40. The number of piperazine rings is 1. The van der Waals surface area contributed by atoms with Gasteiger partial charge in [0.15, 0.2) is 0 Å². The molecule has 1 aliphatic carbocycles. The van der Waals surface area contributed by atoms with Crippen LogP contribution in [0.2, 0.25) is 0 Å². The van der Waals surface area contributed by atoms with Crippen molar-refractivity contribution in [2.75, 3.05) is 13.1 Å². The van der Waals surface area contributed by atoms with Crippen LogP contribution in [-0.4, -0.2) is 35.6 Å². The molecule has 1 saturated carbocycles. The van der Waals surface area contributed by atoms with Gasteiger partial charge in [-0.3, -0.25) is 4.90 Å². The summed E-state index contributed by atoms with van der Waals surface area (Å²) in [5.74, 6) is 0. The standard InChI is InChI=1S/C19H30N2/c1-16(2)21-14-18(13-17-9-5-3-6-10-17)20-15-19(21)11-7-4-8-12-19/h3,5-6,9-10,16,18,20H,4,7-8,11-15H2,1-2H3. The van der Waals surface area contributed by atoms with E-state index < -0.39 is 0 Å². The van der Waals surface area contributed by atoms with Crippen molar-refractivity contribution in [1.29, 1.82) is 0 Å². The third kappa shape index (κ3) is 3.32. The van der Waals surface area contributed by atoms with Crippen molar-refractivity contribution in [1.82, 2.24) is 10.2 Å². The van der Waals surface area contributed by atoms with Crippen molar-refractivity contribution in [2.24, 2.45) is 0 Å². The van der Waals surface area contributed by atoms with E-state index in [0.717, 1.165) is 6.42 Å². The molecule has 2 aliphatic rings. The molecular formula is C19H30N2. The van der Waals surface area contributed by atoms with E-state index in [1.165, 1.54) is 50.8 Å². The summed E-state index contributed by atoms with van der Waals surface area (Å²) < 4.78 is 0. The minimum atomic E-state index is 0.444. The third-order valence-electron chi connectivity index (χ3n) is 5.48. The van der Waals surface area contributed by atoms with Gasteiger partial charge in [0, 0.05) is 30.7 Å². The van der Waals surface area contributed by atoms with E-state index in [2.05, 4.69) is 54.4 Å². The van der Waals surface area contributed by atoms with Crippen molar-refractivity contribution in [2.45, 2.75) is 70.0 Å². The topological polar surface area (TPSA) is 15.3 Å². The Labute approximate surface area is 129 Å². The highest BCUT2D eigenvalue weighted by atomic mass is 15.3. The van der Waals surface area contributed by atoms with Crippen LogP contribution in [0.5, 0.6) is 0 Å². The third-order valence-corrected chi connectivity index (χ3v) is 5.48. The lowest BCUT2D eigenvalue weighted by Crippen LogP contribution is -2.67. The van der Waals surface area contributed by atoms with Crippen LogP contribution in [0, 0.1) is 0 Å². The van der Waals surface area contributed by atoms with Gasteiger partial charge < -0.3 is 5.32 Å². The Bertz CT molecular complexity index is 434. The quantitative estimate of drug-likeness (QED) is 0.913. The normalized spacial score (nSPS) is 26.3. The second-order valence-electron chi connectivity index (χ2n) is 7.30. The molecule has 0 bridgehead atoms. The van der Waals surface area contributed by atoms with Gasteiger partial charge in [-0.2, -0.15) is 0 Å². The number of nitrogens with zero attached hydrogens (tertiary/aromatic N) is 1. The predicted molar refractivity (Wildman–Crippen MR) is 89.6 cm³/mol. The number of rotatable bonds is 3. The lowest BCUT2D eigenvalue weighted by molar-refractivity contribution is -0.0127. The largest absolute Gasteiger partial charge is 0.311 e. The van der Waals surface area contributed by atoms with Crippen molar-refractivity contribution < 1.29 is 0 Å². The molecule has 1 unspecified atom stereocenters. The lowest BCUT2D eigenvalue weighted by atomic mass is 9.77. The highest BCUT2D eigenvalue weighted by Gasteiger charge is 2.42. The van der Waals surface area contributed by atoms with Crippen LogP contribution < -0.4 is 5.32 Å². The summed E-state index contributed by atoms with van der Waals surface area (Å²) in [7, 11) is 0. The minimum absolute atomic E-state index is 0.444. The van der Waals surface area contributed by atoms with Gasteiger partial charge in [0.25, 0.3) is 0 Å². The molecule has 1 N–H and O–H groups in total. The van der Waals surface area contributed by atoms with E-state index in [1.807, 2.05) is 0 Å². The van der Waals surface area contributed by atoms with Crippen LogP contribution >= 0.6 is 0 Å². The summed E-state index contributed by atoms with van der Waals surface area (Å²) in [6.07, 6.45) is 8.18. The van der Waals surface area contributed by atoms with E-state index in [0.29, 0.717) is 17.6 Å². The Morgan fingerprint density at radius 1 is 1.14 bits per heavy atom. The molecule has 3 rings (SSSR count). The fraction of sp³-hybridized carbons (Fsp3) is 0.684. The van der Waals surface area contributed by atoms with Crippen LogP contribution in [-0.2, 0) is 6.42 Å². The van der Waals surface area contributed by atoms with Gasteiger partial charge in [0.05, 0.1) is 0 Å². The first kappa shape index (κ1) is 15.1. The highest BCUT2D eigenvalue weighted by molar-refractivity contribution is 5.17. The summed E-state index contributed by atoms with van der Waals surface area (Å²) in [4.78, 5) is 2.82. The predicted octanol–water partition coefficient (Wildman–Crippen LogP) is 3.61. The number of benzene rings is 1. The smallest absolute Gasteiger partial charge is 0.0337 e. The van der Waals surface area contributed by atoms with Crippen LogP contribution in [0.1, 0.15) is 51.5 Å². The SMILES string of the molecule is CC(C)N1CC(Cc2ccccc2)NCC12CCCCC2. The summed E-state index contributed by atoms with van der Waals surface area (Å²) in [5, 5.41) is 3.87. The summed E-state index contributed by atoms with van der Waals surface area (Å²) >= 11 is 0. The highest BCUT2D eigenvalue weighted by Crippen LogP contribution is 2.36. The van der Waals surface area contributed by atoms with E-state index in [1.54, 1.807) is 0 Å². The van der Waals surface area contributed by atoms with E-state index in [9.17, 15) is 0 Å². The van der Waals surface area contributed by atoms with Gasteiger partial charge in [0.1, 0.15) is 0 Å². The van der Waals surface area contributed by atoms with Gasteiger partial charge in [-0.1, -0.05) is 49.6 Å². The Hall–Kier alpha value is -0.860. The zero-order chi connectivity index (χ0) is 14.7. The van der Waals surface area contributed by atoms with Crippen molar-refractivity contribution >= 4 is 0 Å². The molecule has 0 radical (unpaired) electrons. The second-order valence-corrected chi connectivity index (χ2v) is 7.30.